The highest BCUT2D eigenvalue weighted by molar-refractivity contribution is 7.99. The minimum absolute atomic E-state index is 0.0610. The number of nitrogens with two attached hydrogens (primary N) is 1. The van der Waals surface area contributed by atoms with E-state index in [0.29, 0.717) is 23.1 Å². The molecule has 2 aromatic carbocycles. The number of nitrogens with zero attached hydrogens (tertiary/aromatic N) is 2. The molecule has 0 unspecified atom stereocenters. The summed E-state index contributed by atoms with van der Waals surface area (Å²) in [6.07, 6.45) is 0.595. The van der Waals surface area contributed by atoms with E-state index in [1.807, 2.05) is 6.07 Å². The molecule has 3 aromatic rings. The van der Waals surface area contributed by atoms with Gasteiger partial charge in [-0.15, -0.1) is 0 Å². The summed E-state index contributed by atoms with van der Waals surface area (Å²) >= 11 is 7.28. The van der Waals surface area contributed by atoms with E-state index in [-0.39, 0.29) is 16.6 Å². The molecule has 0 saturated heterocycles. The van der Waals surface area contributed by atoms with Crippen molar-refractivity contribution >= 4 is 56.0 Å². The van der Waals surface area contributed by atoms with Crippen molar-refractivity contribution in [2.75, 3.05) is 17.2 Å². The van der Waals surface area contributed by atoms with E-state index >= 15 is 0 Å². The highest BCUT2D eigenvalue weighted by atomic mass is 35.5. The summed E-state index contributed by atoms with van der Waals surface area (Å²) in [7, 11) is -3.75. The van der Waals surface area contributed by atoms with Crippen LogP contribution in [0.4, 0.5) is 5.69 Å². The summed E-state index contributed by atoms with van der Waals surface area (Å²) < 4.78 is 23.0. The molecule has 0 bridgehead atoms. The molecule has 1 aliphatic heterocycles. The Labute approximate surface area is 165 Å². The molecule has 4 rings (SSSR count). The second-order valence-electron chi connectivity index (χ2n) is 6.12. The lowest BCUT2D eigenvalue weighted by atomic mass is 10.2. The van der Waals surface area contributed by atoms with Crippen LogP contribution < -0.4 is 10.0 Å². The van der Waals surface area contributed by atoms with Crippen molar-refractivity contribution in [3.63, 3.8) is 0 Å². The third kappa shape index (κ3) is 3.68. The molecule has 2 heterocycles. The normalized spacial score (nSPS) is 13.9. The first-order chi connectivity index (χ1) is 12.8. The van der Waals surface area contributed by atoms with Gasteiger partial charge < -0.3 is 9.88 Å². The second kappa shape index (κ2) is 6.83. The molecule has 0 spiro atoms. The van der Waals surface area contributed by atoms with Crippen LogP contribution in [-0.2, 0) is 21.2 Å². The first kappa shape index (κ1) is 18.3. The van der Waals surface area contributed by atoms with E-state index in [0.717, 1.165) is 22.3 Å². The molecular formula is C17H15ClN4O3S2. The van der Waals surface area contributed by atoms with Gasteiger partial charge in [-0.1, -0.05) is 23.4 Å². The van der Waals surface area contributed by atoms with Crippen molar-refractivity contribution in [3.8, 4) is 0 Å². The number of anilines is 1. The molecule has 0 aliphatic carbocycles. The Morgan fingerprint density at radius 1 is 1.30 bits per heavy atom. The minimum atomic E-state index is -3.75. The Balaban J connectivity index is 1.48. The predicted octanol–water partition coefficient (Wildman–Crippen LogP) is 2.55. The number of carbonyl (C=O) groups is 1. The van der Waals surface area contributed by atoms with Crippen molar-refractivity contribution in [2.24, 2.45) is 5.14 Å². The van der Waals surface area contributed by atoms with E-state index < -0.39 is 10.0 Å². The SMILES string of the molecule is NS(=O)(=O)c1ccc2c(c1)CCN2C(=O)CSc1nc2ccc(Cl)cc2[nH]1. The quantitative estimate of drug-likeness (QED) is 0.628. The lowest BCUT2D eigenvalue weighted by Gasteiger charge is -2.17. The van der Waals surface area contributed by atoms with Crippen LogP contribution in [0.1, 0.15) is 5.56 Å². The zero-order valence-electron chi connectivity index (χ0n) is 14.0. The number of H-pyrrole nitrogens is 1. The number of aromatic amines is 1. The minimum Gasteiger partial charge on any atom is -0.333 e. The maximum Gasteiger partial charge on any atom is 0.238 e. The van der Waals surface area contributed by atoms with Crippen LogP contribution in [0.5, 0.6) is 0 Å². The summed E-state index contributed by atoms with van der Waals surface area (Å²) in [5, 5.41) is 6.43. The zero-order chi connectivity index (χ0) is 19.2. The molecule has 140 valence electrons. The number of hydrogen-bond donors (Lipinski definition) is 2. The van der Waals surface area contributed by atoms with Crippen LogP contribution in [0.3, 0.4) is 0 Å². The number of aromatic nitrogens is 2. The number of sulfonamides is 1. The van der Waals surface area contributed by atoms with Crippen LogP contribution in [0.2, 0.25) is 5.02 Å². The van der Waals surface area contributed by atoms with E-state index in [1.54, 1.807) is 23.1 Å². The maximum absolute atomic E-state index is 12.6. The number of nitrogens with one attached hydrogen (secondary N) is 1. The van der Waals surface area contributed by atoms with Gasteiger partial charge in [-0.05, 0) is 48.4 Å². The molecule has 10 heteroatoms. The van der Waals surface area contributed by atoms with Crippen LogP contribution >= 0.6 is 23.4 Å². The smallest absolute Gasteiger partial charge is 0.238 e. The first-order valence-electron chi connectivity index (χ1n) is 8.05. The van der Waals surface area contributed by atoms with Gasteiger partial charge in [0.2, 0.25) is 15.9 Å². The standard InChI is InChI=1S/C17H15ClN4O3S2/c18-11-1-3-13-14(8-11)21-17(20-13)26-9-16(23)22-6-5-10-7-12(27(19,24)25)2-4-15(10)22/h1-4,7-8H,5-6,9H2,(H,20,21)(H2,19,24,25). The number of carbonyl (C=O) groups excluding carboxylic acids is 1. The van der Waals surface area contributed by atoms with Gasteiger partial charge in [0.15, 0.2) is 5.16 Å². The van der Waals surface area contributed by atoms with Gasteiger partial charge in [-0.3, -0.25) is 4.79 Å². The number of primary sulfonamides is 1. The van der Waals surface area contributed by atoms with E-state index in [1.165, 1.54) is 23.9 Å². The van der Waals surface area contributed by atoms with E-state index in [2.05, 4.69) is 9.97 Å². The number of halogens is 1. The fourth-order valence-electron chi connectivity index (χ4n) is 3.05. The number of benzene rings is 2. The number of thioether (sulfide) groups is 1. The van der Waals surface area contributed by atoms with Gasteiger partial charge in [0, 0.05) is 17.3 Å². The first-order valence-corrected chi connectivity index (χ1v) is 11.0. The Morgan fingerprint density at radius 3 is 2.89 bits per heavy atom. The molecule has 0 atom stereocenters. The van der Waals surface area contributed by atoms with Gasteiger partial charge in [0.25, 0.3) is 0 Å². The molecule has 1 aliphatic rings. The van der Waals surface area contributed by atoms with Crippen LogP contribution in [-0.4, -0.2) is 36.6 Å². The van der Waals surface area contributed by atoms with Crippen LogP contribution in [0, 0.1) is 0 Å². The zero-order valence-corrected chi connectivity index (χ0v) is 16.4. The second-order valence-corrected chi connectivity index (χ2v) is 9.08. The monoisotopic (exact) mass is 422 g/mol. The van der Waals surface area contributed by atoms with E-state index in [9.17, 15) is 13.2 Å². The third-order valence-electron chi connectivity index (χ3n) is 4.33. The summed E-state index contributed by atoms with van der Waals surface area (Å²) in [5.74, 6) is 0.143. The van der Waals surface area contributed by atoms with Crippen molar-refractivity contribution in [3.05, 3.63) is 47.0 Å². The van der Waals surface area contributed by atoms with Gasteiger partial charge in [-0.25, -0.2) is 18.5 Å². The molecule has 1 aromatic heterocycles. The molecule has 3 N–H and O–H groups in total. The Hall–Kier alpha value is -2.07. The lowest BCUT2D eigenvalue weighted by molar-refractivity contribution is -0.116. The average Bonchev–Trinajstić information content (AvgIpc) is 3.21. The van der Waals surface area contributed by atoms with Gasteiger partial charge in [0.05, 0.1) is 21.7 Å². The number of fused-ring (bicyclic) bond motifs is 2. The number of amides is 1. The fraction of sp³-hybridized carbons (Fsp3) is 0.176. The lowest BCUT2D eigenvalue weighted by Crippen LogP contribution is -2.30. The predicted molar refractivity (Wildman–Crippen MR) is 106 cm³/mol. The molecule has 27 heavy (non-hydrogen) atoms. The highest BCUT2D eigenvalue weighted by Gasteiger charge is 2.26. The molecule has 1 amide bonds. The van der Waals surface area contributed by atoms with Gasteiger partial charge >= 0.3 is 0 Å². The number of rotatable bonds is 4. The van der Waals surface area contributed by atoms with Crippen molar-refractivity contribution in [1.29, 1.82) is 0 Å². The molecule has 0 saturated carbocycles. The maximum atomic E-state index is 12.6. The molecule has 0 fully saturated rings. The number of imidazole rings is 1. The average molecular weight is 423 g/mol. The Morgan fingerprint density at radius 2 is 2.11 bits per heavy atom. The molecular weight excluding hydrogens is 408 g/mol. The highest BCUT2D eigenvalue weighted by Crippen LogP contribution is 2.31. The largest absolute Gasteiger partial charge is 0.333 e. The topological polar surface area (TPSA) is 109 Å². The van der Waals surface area contributed by atoms with Crippen molar-refractivity contribution < 1.29 is 13.2 Å². The van der Waals surface area contributed by atoms with Crippen molar-refractivity contribution in [2.45, 2.75) is 16.5 Å². The molecule has 7 nitrogen and oxygen atoms in total. The van der Waals surface area contributed by atoms with Crippen LogP contribution in [0.15, 0.2) is 46.5 Å². The summed E-state index contributed by atoms with van der Waals surface area (Å²) in [6, 6.07) is 9.97. The third-order valence-corrected chi connectivity index (χ3v) is 6.33. The van der Waals surface area contributed by atoms with E-state index in [4.69, 9.17) is 16.7 Å². The van der Waals surface area contributed by atoms with Crippen molar-refractivity contribution in [1.82, 2.24) is 9.97 Å². The number of hydrogen-bond acceptors (Lipinski definition) is 5. The van der Waals surface area contributed by atoms with Gasteiger partial charge in [0.1, 0.15) is 0 Å². The van der Waals surface area contributed by atoms with Gasteiger partial charge in [-0.2, -0.15) is 0 Å². The van der Waals surface area contributed by atoms with Crippen LogP contribution in [0.25, 0.3) is 11.0 Å². The Bertz CT molecular complexity index is 1160. The summed E-state index contributed by atoms with van der Waals surface area (Å²) in [5.41, 5.74) is 3.14. The Kier molecular flexibility index (Phi) is 4.63. The summed E-state index contributed by atoms with van der Waals surface area (Å²) in [6.45, 7) is 0.512. The molecule has 0 radical (unpaired) electrons. The fourth-order valence-corrected chi connectivity index (χ4v) is 4.55. The summed E-state index contributed by atoms with van der Waals surface area (Å²) in [4.78, 5) is 21.9.